The maximum absolute atomic E-state index is 11.7. The van der Waals surface area contributed by atoms with Crippen LogP contribution >= 0.6 is 0 Å². The van der Waals surface area contributed by atoms with Crippen molar-refractivity contribution in [2.75, 3.05) is 18.5 Å². The molecule has 1 aromatic rings. The van der Waals surface area contributed by atoms with Crippen LogP contribution in [0, 0.1) is 0 Å². The average Bonchev–Trinajstić information content (AvgIpc) is 2.43. The minimum atomic E-state index is -1.26. The molecule has 0 atom stereocenters. The molecule has 0 spiro atoms. The molecule has 0 heterocycles. The second-order valence-electron chi connectivity index (χ2n) is 4.32. The van der Waals surface area contributed by atoms with Crippen LogP contribution in [0.1, 0.15) is 40.5 Å². The lowest BCUT2D eigenvalue weighted by atomic mass is 10.1. The summed E-state index contributed by atoms with van der Waals surface area (Å²) in [6, 6.07) is 3.45. The standard InChI is InChI=1S/C14H17NO6/c1-2-4-21-5-3-12(16)15-11-7-9(13(17)18)6-10(8-11)14(19)20/h6-8H,2-5H2,1H3,(H,15,16)(H,17,18)(H,19,20). The Morgan fingerprint density at radius 3 is 2.10 bits per heavy atom. The van der Waals surface area contributed by atoms with E-state index in [0.717, 1.165) is 12.5 Å². The van der Waals surface area contributed by atoms with Crippen LogP contribution in [0.2, 0.25) is 0 Å². The highest BCUT2D eigenvalue weighted by Crippen LogP contribution is 2.16. The Morgan fingerprint density at radius 2 is 1.62 bits per heavy atom. The number of amides is 1. The third-order valence-electron chi connectivity index (χ3n) is 2.53. The first-order valence-electron chi connectivity index (χ1n) is 6.43. The van der Waals surface area contributed by atoms with Gasteiger partial charge in [0.1, 0.15) is 0 Å². The third kappa shape index (κ3) is 5.62. The van der Waals surface area contributed by atoms with E-state index in [9.17, 15) is 14.4 Å². The van der Waals surface area contributed by atoms with Gasteiger partial charge in [0.05, 0.1) is 24.2 Å². The number of aromatic carboxylic acids is 2. The Morgan fingerprint density at radius 1 is 1.05 bits per heavy atom. The lowest BCUT2D eigenvalue weighted by Crippen LogP contribution is -2.15. The maximum atomic E-state index is 11.7. The van der Waals surface area contributed by atoms with Crippen molar-refractivity contribution in [2.45, 2.75) is 19.8 Å². The largest absolute Gasteiger partial charge is 0.478 e. The Balaban J connectivity index is 2.75. The lowest BCUT2D eigenvalue weighted by molar-refractivity contribution is -0.117. The van der Waals surface area contributed by atoms with Gasteiger partial charge in [-0.05, 0) is 24.6 Å². The van der Waals surface area contributed by atoms with E-state index in [2.05, 4.69) is 5.32 Å². The number of hydrogen-bond acceptors (Lipinski definition) is 4. The Kier molecular flexibility index (Phi) is 6.35. The molecule has 0 aliphatic rings. The Labute approximate surface area is 121 Å². The fourth-order valence-electron chi connectivity index (χ4n) is 1.58. The van der Waals surface area contributed by atoms with Crippen molar-refractivity contribution in [2.24, 2.45) is 0 Å². The van der Waals surface area contributed by atoms with Crippen molar-refractivity contribution in [3.63, 3.8) is 0 Å². The highest BCUT2D eigenvalue weighted by molar-refractivity contribution is 5.98. The van der Waals surface area contributed by atoms with Crippen LogP contribution in [0.25, 0.3) is 0 Å². The number of carboxylic acid groups (broad SMARTS) is 2. The van der Waals surface area contributed by atoms with E-state index < -0.39 is 11.9 Å². The van der Waals surface area contributed by atoms with Crippen molar-refractivity contribution < 1.29 is 29.3 Å². The maximum Gasteiger partial charge on any atom is 0.335 e. The van der Waals surface area contributed by atoms with Gasteiger partial charge in [-0.25, -0.2) is 9.59 Å². The van der Waals surface area contributed by atoms with Crippen molar-refractivity contribution in [3.05, 3.63) is 29.3 Å². The number of carbonyl (C=O) groups is 3. The van der Waals surface area contributed by atoms with Gasteiger partial charge >= 0.3 is 11.9 Å². The summed E-state index contributed by atoms with van der Waals surface area (Å²) in [6.07, 6.45) is 0.962. The Bertz CT molecular complexity index is 508. The smallest absolute Gasteiger partial charge is 0.335 e. The number of anilines is 1. The monoisotopic (exact) mass is 295 g/mol. The highest BCUT2D eigenvalue weighted by Gasteiger charge is 2.12. The first kappa shape index (κ1) is 16.6. The molecule has 0 aliphatic heterocycles. The van der Waals surface area contributed by atoms with Crippen LogP contribution in [-0.2, 0) is 9.53 Å². The van der Waals surface area contributed by atoms with Gasteiger partial charge in [-0.1, -0.05) is 6.92 Å². The zero-order valence-electron chi connectivity index (χ0n) is 11.6. The van der Waals surface area contributed by atoms with Crippen LogP contribution in [0.4, 0.5) is 5.69 Å². The quantitative estimate of drug-likeness (QED) is 0.631. The van der Waals surface area contributed by atoms with Crippen molar-refractivity contribution in [3.8, 4) is 0 Å². The summed E-state index contributed by atoms with van der Waals surface area (Å²) in [5, 5.41) is 20.3. The van der Waals surface area contributed by atoms with Gasteiger partial charge < -0.3 is 20.3 Å². The Hall–Kier alpha value is -2.41. The molecular weight excluding hydrogens is 278 g/mol. The predicted octanol–water partition coefficient (Wildman–Crippen LogP) is 1.84. The number of nitrogens with one attached hydrogen (secondary N) is 1. The van der Waals surface area contributed by atoms with Crippen LogP contribution in [0.3, 0.4) is 0 Å². The normalized spacial score (nSPS) is 10.1. The average molecular weight is 295 g/mol. The molecule has 0 bridgehead atoms. The highest BCUT2D eigenvalue weighted by atomic mass is 16.5. The summed E-state index contributed by atoms with van der Waals surface area (Å²) in [7, 11) is 0. The molecule has 1 rings (SSSR count). The molecule has 0 unspecified atom stereocenters. The van der Waals surface area contributed by atoms with Gasteiger partial charge in [-0.15, -0.1) is 0 Å². The fourth-order valence-corrected chi connectivity index (χ4v) is 1.58. The summed E-state index contributed by atoms with van der Waals surface area (Å²) >= 11 is 0. The van der Waals surface area contributed by atoms with Crippen molar-refractivity contribution in [1.29, 1.82) is 0 Å². The third-order valence-corrected chi connectivity index (χ3v) is 2.53. The number of ether oxygens (including phenoxy) is 1. The SMILES string of the molecule is CCCOCCC(=O)Nc1cc(C(=O)O)cc(C(=O)O)c1. The van der Waals surface area contributed by atoms with Gasteiger partial charge in [-0.3, -0.25) is 4.79 Å². The van der Waals surface area contributed by atoms with Crippen LogP contribution in [0.5, 0.6) is 0 Å². The number of rotatable bonds is 8. The van der Waals surface area contributed by atoms with E-state index in [-0.39, 0.29) is 35.7 Å². The fraction of sp³-hybridized carbons (Fsp3) is 0.357. The predicted molar refractivity (Wildman–Crippen MR) is 74.7 cm³/mol. The van der Waals surface area contributed by atoms with E-state index in [4.69, 9.17) is 14.9 Å². The summed E-state index contributed by atoms with van der Waals surface area (Å²) in [6.45, 7) is 2.76. The summed E-state index contributed by atoms with van der Waals surface area (Å²) in [5.74, 6) is -2.90. The number of carboxylic acids is 2. The van der Waals surface area contributed by atoms with E-state index in [1.54, 1.807) is 0 Å². The van der Waals surface area contributed by atoms with E-state index in [1.165, 1.54) is 12.1 Å². The van der Waals surface area contributed by atoms with Gasteiger partial charge in [0.2, 0.25) is 5.91 Å². The summed E-state index contributed by atoms with van der Waals surface area (Å²) < 4.78 is 5.17. The molecule has 7 heteroatoms. The molecule has 0 fully saturated rings. The molecule has 1 amide bonds. The van der Waals surface area contributed by atoms with Crippen LogP contribution < -0.4 is 5.32 Å². The van der Waals surface area contributed by atoms with Gasteiger partial charge in [0, 0.05) is 12.3 Å². The van der Waals surface area contributed by atoms with Gasteiger partial charge in [-0.2, -0.15) is 0 Å². The molecule has 7 nitrogen and oxygen atoms in total. The molecule has 0 saturated carbocycles. The van der Waals surface area contributed by atoms with Crippen LogP contribution in [0.15, 0.2) is 18.2 Å². The topological polar surface area (TPSA) is 113 Å². The molecule has 114 valence electrons. The molecular formula is C14H17NO6. The molecule has 1 aromatic carbocycles. The van der Waals surface area contributed by atoms with Crippen LogP contribution in [-0.4, -0.2) is 41.3 Å². The molecule has 0 aromatic heterocycles. The van der Waals surface area contributed by atoms with Crippen molar-refractivity contribution >= 4 is 23.5 Å². The first-order chi connectivity index (χ1) is 9.93. The molecule has 21 heavy (non-hydrogen) atoms. The summed E-state index contributed by atoms with van der Waals surface area (Å²) in [4.78, 5) is 33.5. The van der Waals surface area contributed by atoms with E-state index >= 15 is 0 Å². The van der Waals surface area contributed by atoms with Gasteiger partial charge in [0.25, 0.3) is 0 Å². The summed E-state index contributed by atoms with van der Waals surface area (Å²) in [5.41, 5.74) is -0.271. The first-order valence-corrected chi connectivity index (χ1v) is 6.43. The number of benzene rings is 1. The molecule has 3 N–H and O–H groups in total. The second-order valence-corrected chi connectivity index (χ2v) is 4.32. The lowest BCUT2D eigenvalue weighted by Gasteiger charge is -2.08. The number of carbonyl (C=O) groups excluding carboxylic acids is 1. The van der Waals surface area contributed by atoms with Gasteiger partial charge in [0.15, 0.2) is 0 Å². The van der Waals surface area contributed by atoms with Crippen molar-refractivity contribution in [1.82, 2.24) is 0 Å². The molecule has 0 radical (unpaired) electrons. The zero-order chi connectivity index (χ0) is 15.8. The minimum Gasteiger partial charge on any atom is -0.478 e. The second kappa shape index (κ2) is 8.01. The number of hydrogen-bond donors (Lipinski definition) is 3. The van der Waals surface area contributed by atoms with E-state index in [0.29, 0.717) is 6.61 Å². The minimum absolute atomic E-state index is 0.111. The van der Waals surface area contributed by atoms with E-state index in [1.807, 2.05) is 6.92 Å². The molecule has 0 aliphatic carbocycles. The zero-order valence-corrected chi connectivity index (χ0v) is 11.6. The molecule has 0 saturated heterocycles.